The van der Waals surface area contributed by atoms with Gasteiger partial charge in [-0.05, 0) is 30.3 Å². The third-order valence-corrected chi connectivity index (χ3v) is 3.79. The van der Waals surface area contributed by atoms with Crippen LogP contribution in [0.3, 0.4) is 0 Å². The maximum Gasteiger partial charge on any atom is 0.380 e. The summed E-state index contributed by atoms with van der Waals surface area (Å²) in [5.41, 5.74) is 0.608. The third-order valence-electron chi connectivity index (χ3n) is 3.79. The first-order chi connectivity index (χ1) is 12.8. The number of benzene rings is 2. The maximum atomic E-state index is 12.4. The van der Waals surface area contributed by atoms with Crippen molar-refractivity contribution in [2.45, 2.75) is 6.61 Å². The highest BCUT2D eigenvalue weighted by molar-refractivity contribution is 5.89. The van der Waals surface area contributed by atoms with Gasteiger partial charge in [-0.2, -0.15) is 0 Å². The van der Waals surface area contributed by atoms with Crippen molar-refractivity contribution < 1.29 is 28.2 Å². The van der Waals surface area contributed by atoms with Gasteiger partial charge in [0.1, 0.15) is 31.3 Å². The zero-order valence-electron chi connectivity index (χ0n) is 13.8. The van der Waals surface area contributed by atoms with E-state index in [0.717, 1.165) is 0 Å². The summed E-state index contributed by atoms with van der Waals surface area (Å²) in [6.07, 6.45) is 1.43. The first-order valence-electron chi connectivity index (χ1n) is 8.15. The van der Waals surface area contributed by atoms with Gasteiger partial charge in [0.2, 0.25) is 5.76 Å². The van der Waals surface area contributed by atoms with Gasteiger partial charge in [-0.1, -0.05) is 18.2 Å². The topological polar surface area (TPSA) is 67.1 Å². The highest BCUT2D eigenvalue weighted by Gasteiger charge is 2.20. The molecule has 6 nitrogen and oxygen atoms in total. The Kier molecular flexibility index (Phi) is 4.47. The molecule has 0 radical (unpaired) electrons. The molecule has 0 atom stereocenters. The van der Waals surface area contributed by atoms with E-state index < -0.39 is 5.97 Å². The van der Waals surface area contributed by atoms with Crippen molar-refractivity contribution >= 4 is 5.97 Å². The number of hydrogen-bond acceptors (Lipinski definition) is 6. The van der Waals surface area contributed by atoms with Crippen LogP contribution < -0.4 is 18.9 Å². The molecule has 1 aliphatic heterocycles. The molecular formula is C20H16O6. The molecule has 0 amide bonds. The molecule has 0 N–H and O–H groups in total. The monoisotopic (exact) mass is 352 g/mol. The Morgan fingerprint density at radius 3 is 2.58 bits per heavy atom. The molecule has 0 saturated heterocycles. The molecule has 2 aromatic carbocycles. The van der Waals surface area contributed by atoms with E-state index in [1.165, 1.54) is 6.26 Å². The predicted octanol–water partition coefficient (Wildman–Crippen LogP) is 3.85. The summed E-state index contributed by atoms with van der Waals surface area (Å²) in [7, 11) is 0. The lowest BCUT2D eigenvalue weighted by molar-refractivity contribution is 0.0696. The van der Waals surface area contributed by atoms with Gasteiger partial charge in [0.25, 0.3) is 0 Å². The Bertz CT molecular complexity index is 900. The first kappa shape index (κ1) is 16.1. The quantitative estimate of drug-likeness (QED) is 0.513. The molecular weight excluding hydrogens is 336 g/mol. The summed E-state index contributed by atoms with van der Waals surface area (Å²) >= 11 is 0. The van der Waals surface area contributed by atoms with Crippen molar-refractivity contribution in [3.63, 3.8) is 0 Å². The summed E-state index contributed by atoms with van der Waals surface area (Å²) in [4.78, 5) is 12.4. The Morgan fingerprint density at radius 1 is 0.923 bits per heavy atom. The van der Waals surface area contributed by atoms with Crippen molar-refractivity contribution in [1.82, 2.24) is 0 Å². The van der Waals surface area contributed by atoms with Gasteiger partial charge in [-0.25, -0.2) is 4.79 Å². The van der Waals surface area contributed by atoms with E-state index in [0.29, 0.717) is 41.8 Å². The number of carbonyl (C=O) groups is 1. The second kappa shape index (κ2) is 7.23. The number of furan rings is 1. The summed E-state index contributed by atoms with van der Waals surface area (Å²) in [6, 6.07) is 16.0. The standard InChI is InChI=1S/C20H16O6/c21-20(26-16-6-7-17-18(12-16)23-11-10-22-17)19-14(8-9-24-19)13-25-15-4-2-1-3-5-15/h1-9,12H,10-11,13H2. The Morgan fingerprint density at radius 2 is 1.73 bits per heavy atom. The van der Waals surface area contributed by atoms with E-state index in [2.05, 4.69) is 0 Å². The fourth-order valence-corrected chi connectivity index (χ4v) is 2.55. The van der Waals surface area contributed by atoms with Gasteiger partial charge in [0.05, 0.1) is 6.26 Å². The summed E-state index contributed by atoms with van der Waals surface area (Å²) in [5.74, 6) is 1.75. The molecule has 0 fully saturated rings. The van der Waals surface area contributed by atoms with Gasteiger partial charge in [-0.15, -0.1) is 0 Å². The van der Waals surface area contributed by atoms with Crippen molar-refractivity contribution in [1.29, 1.82) is 0 Å². The number of fused-ring (bicyclic) bond motifs is 1. The molecule has 26 heavy (non-hydrogen) atoms. The van der Waals surface area contributed by atoms with Gasteiger partial charge in [0.15, 0.2) is 11.5 Å². The molecule has 132 valence electrons. The highest BCUT2D eigenvalue weighted by atomic mass is 16.6. The van der Waals surface area contributed by atoms with Gasteiger partial charge < -0.3 is 23.4 Å². The van der Waals surface area contributed by atoms with Crippen LogP contribution in [0.2, 0.25) is 0 Å². The third kappa shape index (κ3) is 3.49. The molecule has 3 aromatic rings. The molecule has 6 heteroatoms. The minimum atomic E-state index is -0.599. The number of hydrogen-bond donors (Lipinski definition) is 0. The van der Waals surface area contributed by atoms with Crippen LogP contribution in [0.5, 0.6) is 23.0 Å². The normalized spacial score (nSPS) is 12.5. The maximum absolute atomic E-state index is 12.4. The molecule has 0 aliphatic carbocycles. The van der Waals surface area contributed by atoms with Crippen molar-refractivity contribution in [2.75, 3.05) is 13.2 Å². The van der Waals surface area contributed by atoms with Crippen molar-refractivity contribution in [3.8, 4) is 23.0 Å². The van der Waals surface area contributed by atoms with Crippen molar-refractivity contribution in [2.24, 2.45) is 0 Å². The number of esters is 1. The van der Waals surface area contributed by atoms with E-state index in [9.17, 15) is 4.79 Å². The van der Waals surface area contributed by atoms with Crippen LogP contribution in [0.1, 0.15) is 16.1 Å². The van der Waals surface area contributed by atoms with Gasteiger partial charge >= 0.3 is 5.97 Å². The predicted molar refractivity (Wildman–Crippen MR) is 91.9 cm³/mol. The van der Waals surface area contributed by atoms with Crippen molar-refractivity contribution in [3.05, 3.63) is 72.2 Å². The second-order valence-electron chi connectivity index (χ2n) is 5.57. The Hall–Kier alpha value is -3.41. The molecule has 2 heterocycles. The van der Waals surface area contributed by atoms with Crippen LogP contribution in [0.25, 0.3) is 0 Å². The van der Waals surface area contributed by atoms with E-state index in [4.69, 9.17) is 23.4 Å². The molecule has 0 bridgehead atoms. The van der Waals surface area contributed by atoms with Crippen LogP contribution in [0, 0.1) is 0 Å². The molecule has 4 rings (SSSR count). The molecule has 0 unspecified atom stereocenters. The molecule has 0 saturated carbocycles. The Balaban J connectivity index is 1.45. The SMILES string of the molecule is O=C(Oc1ccc2c(c1)OCCO2)c1occc1COc1ccccc1. The number of carbonyl (C=O) groups excluding carboxylic acids is 1. The van der Waals surface area contributed by atoms with E-state index in [1.807, 2.05) is 30.3 Å². The zero-order valence-corrected chi connectivity index (χ0v) is 13.8. The average Bonchev–Trinajstić information content (AvgIpc) is 3.16. The van der Waals surface area contributed by atoms with E-state index in [1.54, 1.807) is 24.3 Å². The lowest BCUT2D eigenvalue weighted by Gasteiger charge is -2.18. The van der Waals surface area contributed by atoms with Crippen LogP contribution in [0.15, 0.2) is 65.3 Å². The lowest BCUT2D eigenvalue weighted by atomic mass is 10.2. The largest absolute Gasteiger partial charge is 0.489 e. The zero-order chi connectivity index (χ0) is 17.8. The second-order valence-corrected chi connectivity index (χ2v) is 5.57. The smallest absolute Gasteiger partial charge is 0.380 e. The van der Waals surface area contributed by atoms with Crippen LogP contribution >= 0.6 is 0 Å². The molecule has 1 aromatic heterocycles. The average molecular weight is 352 g/mol. The molecule has 0 spiro atoms. The summed E-state index contributed by atoms with van der Waals surface area (Å²) in [6.45, 7) is 1.17. The van der Waals surface area contributed by atoms with E-state index >= 15 is 0 Å². The minimum Gasteiger partial charge on any atom is -0.489 e. The highest BCUT2D eigenvalue weighted by Crippen LogP contribution is 2.34. The minimum absolute atomic E-state index is 0.107. The van der Waals surface area contributed by atoms with Gasteiger partial charge in [-0.3, -0.25) is 0 Å². The number of rotatable bonds is 5. The first-order valence-corrected chi connectivity index (χ1v) is 8.15. The summed E-state index contributed by atoms with van der Waals surface area (Å²) < 4.78 is 27.3. The number of para-hydroxylation sites is 1. The van der Waals surface area contributed by atoms with Gasteiger partial charge in [0, 0.05) is 11.6 Å². The fraction of sp³-hybridized carbons (Fsp3) is 0.150. The lowest BCUT2D eigenvalue weighted by Crippen LogP contribution is -2.16. The number of ether oxygens (including phenoxy) is 4. The van der Waals surface area contributed by atoms with E-state index in [-0.39, 0.29) is 12.4 Å². The van der Waals surface area contributed by atoms with Crippen LogP contribution in [-0.4, -0.2) is 19.2 Å². The summed E-state index contributed by atoms with van der Waals surface area (Å²) in [5, 5.41) is 0. The van der Waals surface area contributed by atoms with Crippen LogP contribution in [-0.2, 0) is 6.61 Å². The fourth-order valence-electron chi connectivity index (χ4n) is 2.55. The Labute approximate surface area is 149 Å². The van der Waals surface area contributed by atoms with Crippen LogP contribution in [0.4, 0.5) is 0 Å². The molecule has 1 aliphatic rings.